The molecule has 0 saturated carbocycles. The van der Waals surface area contributed by atoms with Crippen LogP contribution >= 0.6 is 11.8 Å². The van der Waals surface area contributed by atoms with Crippen molar-refractivity contribution in [2.45, 2.75) is 19.8 Å². The Balaban J connectivity index is 1.87. The maximum atomic E-state index is 12.2. The van der Waals surface area contributed by atoms with E-state index in [4.69, 9.17) is 5.26 Å². The Morgan fingerprint density at radius 2 is 2.04 bits per heavy atom. The van der Waals surface area contributed by atoms with Crippen LogP contribution in [-0.4, -0.2) is 40.8 Å². The monoisotopic (exact) mass is 372 g/mol. The molecule has 1 aromatic carbocycles. The molecule has 3 amide bonds. The summed E-state index contributed by atoms with van der Waals surface area (Å²) < 4.78 is 0. The molecule has 0 unspecified atom stereocenters. The molecule has 7 nitrogen and oxygen atoms in total. The molecule has 1 heterocycles. The van der Waals surface area contributed by atoms with Gasteiger partial charge in [-0.15, -0.1) is 0 Å². The minimum Gasteiger partial charge on any atom is -0.388 e. The molecule has 2 N–H and O–H groups in total. The van der Waals surface area contributed by atoms with E-state index in [-0.39, 0.29) is 35.6 Å². The lowest BCUT2D eigenvalue weighted by Gasteiger charge is -2.12. The predicted octanol–water partition coefficient (Wildman–Crippen LogP) is 2.44. The molecule has 136 valence electrons. The van der Waals surface area contributed by atoms with Crippen LogP contribution in [0.15, 0.2) is 36.0 Å². The number of carbonyl (C=O) groups excluding carboxylic acids is 3. The molecule has 0 aromatic heterocycles. The first kappa shape index (κ1) is 19.5. The summed E-state index contributed by atoms with van der Waals surface area (Å²) in [4.78, 5) is 36.2. The lowest BCUT2D eigenvalue weighted by molar-refractivity contribution is -0.124. The van der Waals surface area contributed by atoms with Gasteiger partial charge in [0.15, 0.2) is 0 Å². The smallest absolute Gasteiger partial charge is 0.288 e. The molecule has 8 heteroatoms. The van der Waals surface area contributed by atoms with Crippen LogP contribution in [0.2, 0.25) is 0 Å². The molecule has 1 aliphatic rings. The second kappa shape index (κ2) is 9.06. The zero-order chi connectivity index (χ0) is 19.1. The van der Waals surface area contributed by atoms with E-state index in [1.54, 1.807) is 12.1 Å². The number of anilines is 1. The first-order valence-electron chi connectivity index (χ1n) is 8.14. The number of nitrogens with one attached hydrogen (secondary N) is 2. The van der Waals surface area contributed by atoms with Gasteiger partial charge in [0.2, 0.25) is 5.91 Å². The fourth-order valence-corrected chi connectivity index (χ4v) is 3.00. The van der Waals surface area contributed by atoms with Crippen molar-refractivity contribution >= 4 is 34.5 Å². The molecule has 1 aromatic rings. The zero-order valence-corrected chi connectivity index (χ0v) is 15.4. The third kappa shape index (κ3) is 5.10. The Labute approximate surface area is 156 Å². The van der Waals surface area contributed by atoms with Gasteiger partial charge in [-0.1, -0.05) is 37.7 Å². The van der Waals surface area contributed by atoms with Gasteiger partial charge >= 0.3 is 0 Å². The van der Waals surface area contributed by atoms with Gasteiger partial charge in [-0.3, -0.25) is 19.3 Å². The molecule has 26 heavy (non-hydrogen) atoms. The van der Waals surface area contributed by atoms with Gasteiger partial charge in [0.05, 0.1) is 5.75 Å². The average molecular weight is 372 g/mol. The maximum Gasteiger partial charge on any atom is 0.288 e. The summed E-state index contributed by atoms with van der Waals surface area (Å²) in [5, 5.41) is 14.3. The zero-order valence-electron chi connectivity index (χ0n) is 14.6. The van der Waals surface area contributed by atoms with Crippen LogP contribution in [0.5, 0.6) is 0 Å². The maximum absolute atomic E-state index is 12.2. The Morgan fingerprint density at radius 1 is 1.35 bits per heavy atom. The summed E-state index contributed by atoms with van der Waals surface area (Å²) >= 11 is 0.969. The number of nitriles is 1. The number of benzene rings is 1. The van der Waals surface area contributed by atoms with Crippen molar-refractivity contribution in [2.24, 2.45) is 0 Å². The highest BCUT2D eigenvalue weighted by atomic mass is 32.2. The number of hydrogen-bond donors (Lipinski definition) is 2. The van der Waals surface area contributed by atoms with Crippen molar-refractivity contribution in [3.05, 3.63) is 41.6 Å². The van der Waals surface area contributed by atoms with Gasteiger partial charge in [-0.05, 0) is 23.6 Å². The highest BCUT2D eigenvalue weighted by Crippen LogP contribution is 2.18. The van der Waals surface area contributed by atoms with Crippen molar-refractivity contribution < 1.29 is 14.4 Å². The van der Waals surface area contributed by atoms with Crippen LogP contribution in [-0.2, 0) is 9.59 Å². The standard InChI is InChI=1S/C18H20N4O3S/c1-12(2)13-3-5-15(6-4-13)21-17(24)14(9-19)10-20-7-8-22-16(23)11-26-18(22)25/h3-6,10,12,20H,7-8,11H2,1-2H3,(H,21,24)/b14-10-. The number of hydrogen-bond acceptors (Lipinski definition) is 6. The second-order valence-electron chi connectivity index (χ2n) is 5.95. The lowest BCUT2D eigenvalue weighted by Crippen LogP contribution is -2.34. The second-order valence-corrected chi connectivity index (χ2v) is 6.88. The molecule has 0 bridgehead atoms. The van der Waals surface area contributed by atoms with Gasteiger partial charge in [0.1, 0.15) is 11.6 Å². The van der Waals surface area contributed by atoms with E-state index in [1.807, 2.05) is 18.2 Å². The molecule has 0 aliphatic carbocycles. The molecule has 1 aliphatic heterocycles. The van der Waals surface area contributed by atoms with Crippen LogP contribution in [0.3, 0.4) is 0 Å². The van der Waals surface area contributed by atoms with E-state index < -0.39 is 5.91 Å². The van der Waals surface area contributed by atoms with E-state index in [9.17, 15) is 14.4 Å². The summed E-state index contributed by atoms with van der Waals surface area (Å²) in [6.45, 7) is 4.62. The van der Waals surface area contributed by atoms with Crippen LogP contribution < -0.4 is 10.6 Å². The summed E-state index contributed by atoms with van der Waals surface area (Å²) in [7, 11) is 0. The fraction of sp³-hybridized carbons (Fsp3) is 0.333. The molecule has 0 spiro atoms. The Hall–Kier alpha value is -2.79. The van der Waals surface area contributed by atoms with E-state index >= 15 is 0 Å². The Morgan fingerprint density at radius 3 is 2.58 bits per heavy atom. The van der Waals surface area contributed by atoms with Gasteiger partial charge < -0.3 is 10.6 Å². The third-order valence-electron chi connectivity index (χ3n) is 3.77. The van der Waals surface area contributed by atoms with E-state index in [1.165, 1.54) is 6.20 Å². The minimum atomic E-state index is -0.527. The number of carbonyl (C=O) groups is 3. The molecule has 1 saturated heterocycles. The SMILES string of the molecule is CC(C)c1ccc(NC(=O)/C(C#N)=C\NCCN2C(=O)CSC2=O)cc1. The molecule has 0 radical (unpaired) electrons. The molecule has 2 rings (SSSR count). The number of nitrogens with zero attached hydrogens (tertiary/aromatic N) is 2. The van der Waals surface area contributed by atoms with E-state index in [2.05, 4.69) is 24.5 Å². The number of rotatable bonds is 7. The minimum absolute atomic E-state index is 0.0913. The van der Waals surface area contributed by atoms with Crippen LogP contribution in [0.25, 0.3) is 0 Å². The summed E-state index contributed by atoms with van der Waals surface area (Å²) in [5.74, 6) is -0.197. The summed E-state index contributed by atoms with van der Waals surface area (Å²) in [6, 6.07) is 9.27. The predicted molar refractivity (Wildman–Crippen MR) is 100 cm³/mol. The van der Waals surface area contributed by atoms with Crippen LogP contribution in [0, 0.1) is 11.3 Å². The van der Waals surface area contributed by atoms with Crippen LogP contribution in [0.4, 0.5) is 10.5 Å². The average Bonchev–Trinajstić information content (AvgIpc) is 2.93. The first-order chi connectivity index (χ1) is 12.4. The fourth-order valence-electron chi connectivity index (χ4n) is 2.25. The first-order valence-corrected chi connectivity index (χ1v) is 9.13. The number of amides is 3. The van der Waals surface area contributed by atoms with E-state index in [0.29, 0.717) is 11.6 Å². The molecule has 0 atom stereocenters. The van der Waals surface area contributed by atoms with Crippen molar-refractivity contribution in [3.63, 3.8) is 0 Å². The van der Waals surface area contributed by atoms with Crippen molar-refractivity contribution in [3.8, 4) is 6.07 Å². The summed E-state index contributed by atoms with van der Waals surface area (Å²) in [6.07, 6.45) is 1.29. The van der Waals surface area contributed by atoms with Crippen LogP contribution in [0.1, 0.15) is 25.3 Å². The quantitative estimate of drug-likeness (QED) is 0.433. The van der Waals surface area contributed by atoms with Crippen molar-refractivity contribution in [2.75, 3.05) is 24.2 Å². The van der Waals surface area contributed by atoms with Crippen molar-refractivity contribution in [1.82, 2.24) is 10.2 Å². The highest BCUT2D eigenvalue weighted by Gasteiger charge is 2.28. The number of imide groups is 1. The van der Waals surface area contributed by atoms with E-state index in [0.717, 1.165) is 22.2 Å². The lowest BCUT2D eigenvalue weighted by atomic mass is 10.0. The van der Waals surface area contributed by atoms with Gasteiger partial charge in [0.25, 0.3) is 11.1 Å². The molecule has 1 fully saturated rings. The van der Waals surface area contributed by atoms with Gasteiger partial charge in [-0.25, -0.2) is 0 Å². The molecular formula is C18H20N4O3S. The van der Waals surface area contributed by atoms with Crippen molar-refractivity contribution in [1.29, 1.82) is 5.26 Å². The van der Waals surface area contributed by atoms with Gasteiger partial charge in [-0.2, -0.15) is 5.26 Å². The molecular weight excluding hydrogens is 352 g/mol. The Kier molecular flexibility index (Phi) is 6.81. The third-order valence-corrected chi connectivity index (χ3v) is 4.63. The largest absolute Gasteiger partial charge is 0.388 e. The topological polar surface area (TPSA) is 102 Å². The number of thioether (sulfide) groups is 1. The Bertz CT molecular complexity index is 750. The summed E-state index contributed by atoms with van der Waals surface area (Å²) in [5.41, 5.74) is 1.67. The van der Waals surface area contributed by atoms with Gasteiger partial charge in [0, 0.05) is 25.0 Å². The highest BCUT2D eigenvalue weighted by molar-refractivity contribution is 8.14. The normalized spacial score (nSPS) is 14.5.